The van der Waals surface area contributed by atoms with E-state index in [2.05, 4.69) is 16.6 Å². The summed E-state index contributed by atoms with van der Waals surface area (Å²) in [4.78, 5) is 23.1. The molecular formula is C23H25N5O5S. The lowest BCUT2D eigenvalue weighted by molar-refractivity contribution is -0.384. The van der Waals surface area contributed by atoms with Crippen LogP contribution in [0, 0.1) is 27.4 Å². The SMILES string of the molecule is N#CCC[C@@H]1CCCC/C1=N/NC(=O)CN(c1ccc([N+](=O)[O-])cc1)S(=O)(=O)c1ccccc1. The number of carbonyl (C=O) groups excluding carboxylic acids is 1. The minimum atomic E-state index is -4.13. The maximum Gasteiger partial charge on any atom is 0.269 e. The molecule has 34 heavy (non-hydrogen) atoms. The maximum absolute atomic E-state index is 13.3. The summed E-state index contributed by atoms with van der Waals surface area (Å²) in [5.74, 6) is -0.525. The Morgan fingerprint density at radius 3 is 2.53 bits per heavy atom. The monoisotopic (exact) mass is 483 g/mol. The van der Waals surface area contributed by atoms with E-state index in [0.29, 0.717) is 19.3 Å². The van der Waals surface area contributed by atoms with E-state index in [1.807, 2.05) is 0 Å². The molecule has 0 spiro atoms. The minimum Gasteiger partial charge on any atom is -0.271 e. The van der Waals surface area contributed by atoms with Gasteiger partial charge in [0.15, 0.2) is 0 Å². The third-order valence-electron chi connectivity index (χ3n) is 5.60. The zero-order valence-corrected chi connectivity index (χ0v) is 19.3. The summed E-state index contributed by atoms with van der Waals surface area (Å²) in [5.41, 5.74) is 3.19. The van der Waals surface area contributed by atoms with Gasteiger partial charge in [-0.05, 0) is 49.9 Å². The minimum absolute atomic E-state index is 0.0173. The number of hydrazone groups is 1. The number of benzene rings is 2. The number of hydrogen-bond donors (Lipinski definition) is 1. The van der Waals surface area contributed by atoms with Crippen molar-refractivity contribution in [3.63, 3.8) is 0 Å². The summed E-state index contributed by atoms with van der Waals surface area (Å²) in [6, 6.07) is 14.7. The van der Waals surface area contributed by atoms with E-state index in [1.54, 1.807) is 18.2 Å². The second kappa shape index (κ2) is 11.4. The summed E-state index contributed by atoms with van der Waals surface area (Å²) in [6.45, 7) is -0.561. The number of nitrogens with zero attached hydrogens (tertiary/aromatic N) is 4. The first-order chi connectivity index (χ1) is 16.3. The number of amides is 1. The van der Waals surface area contributed by atoms with Crippen LogP contribution >= 0.6 is 0 Å². The summed E-state index contributed by atoms with van der Waals surface area (Å²) < 4.78 is 27.5. The molecule has 3 rings (SSSR count). The summed E-state index contributed by atoms with van der Waals surface area (Å²) in [7, 11) is -4.13. The molecule has 0 saturated heterocycles. The standard InChI is InChI=1S/C23H25N5O5S/c24-16-6-8-18-7-4-5-11-22(18)25-26-23(29)17-27(19-12-14-20(15-13-19)28(30)31)34(32,33)21-9-2-1-3-10-21/h1-3,9-10,12-15,18H,4-8,11,17H2,(H,26,29)/b25-22-/t18-/m0/s1. The average molecular weight is 484 g/mol. The summed E-state index contributed by atoms with van der Waals surface area (Å²) >= 11 is 0. The Morgan fingerprint density at radius 2 is 1.88 bits per heavy atom. The van der Waals surface area contributed by atoms with Gasteiger partial charge in [0.25, 0.3) is 21.6 Å². The fourth-order valence-corrected chi connectivity index (χ4v) is 5.28. The molecular weight excluding hydrogens is 458 g/mol. The third-order valence-corrected chi connectivity index (χ3v) is 7.39. The van der Waals surface area contributed by atoms with Crippen molar-refractivity contribution >= 4 is 33.0 Å². The van der Waals surface area contributed by atoms with E-state index in [1.165, 1.54) is 36.4 Å². The molecule has 0 heterocycles. The van der Waals surface area contributed by atoms with Gasteiger partial charge in [-0.1, -0.05) is 24.6 Å². The first-order valence-corrected chi connectivity index (χ1v) is 12.3. The van der Waals surface area contributed by atoms with Crippen molar-refractivity contribution in [3.05, 3.63) is 64.7 Å². The molecule has 1 fully saturated rings. The molecule has 0 aromatic heterocycles. The molecule has 0 unspecified atom stereocenters. The fraction of sp³-hybridized carbons (Fsp3) is 0.348. The number of nitriles is 1. The molecule has 2 aromatic rings. The van der Waals surface area contributed by atoms with Crippen LogP contribution in [0.5, 0.6) is 0 Å². The van der Waals surface area contributed by atoms with Gasteiger partial charge in [0.2, 0.25) is 0 Å². The Labute approximate surface area is 198 Å². The number of sulfonamides is 1. The van der Waals surface area contributed by atoms with Gasteiger partial charge in [-0.25, -0.2) is 13.8 Å². The molecule has 1 N–H and O–H groups in total. The molecule has 0 aliphatic heterocycles. The van der Waals surface area contributed by atoms with Crippen molar-refractivity contribution in [2.45, 2.75) is 43.4 Å². The lowest BCUT2D eigenvalue weighted by Crippen LogP contribution is -2.40. The van der Waals surface area contributed by atoms with E-state index in [4.69, 9.17) is 5.26 Å². The van der Waals surface area contributed by atoms with Gasteiger partial charge in [-0.3, -0.25) is 19.2 Å². The van der Waals surface area contributed by atoms with E-state index in [0.717, 1.165) is 29.3 Å². The lowest BCUT2D eigenvalue weighted by Gasteiger charge is -2.25. The van der Waals surface area contributed by atoms with Gasteiger partial charge in [0.05, 0.1) is 21.6 Å². The molecule has 10 nitrogen and oxygen atoms in total. The normalized spacial score (nSPS) is 17.0. The molecule has 178 valence electrons. The van der Waals surface area contributed by atoms with Gasteiger partial charge >= 0.3 is 0 Å². The van der Waals surface area contributed by atoms with Crippen LogP contribution in [0.3, 0.4) is 0 Å². The van der Waals surface area contributed by atoms with Crippen LogP contribution in [0.4, 0.5) is 11.4 Å². The molecule has 1 aliphatic carbocycles. The number of anilines is 1. The zero-order valence-electron chi connectivity index (χ0n) is 18.5. The number of nitrogens with one attached hydrogen (secondary N) is 1. The van der Waals surface area contributed by atoms with Crippen LogP contribution in [0.15, 0.2) is 64.6 Å². The number of nitro benzene ring substituents is 1. The van der Waals surface area contributed by atoms with Gasteiger partial charge in [-0.15, -0.1) is 0 Å². The Morgan fingerprint density at radius 1 is 1.18 bits per heavy atom. The van der Waals surface area contributed by atoms with Crippen LogP contribution in [0.1, 0.15) is 38.5 Å². The van der Waals surface area contributed by atoms with Crippen molar-refractivity contribution in [2.24, 2.45) is 11.0 Å². The number of non-ortho nitro benzene ring substituents is 1. The van der Waals surface area contributed by atoms with Crippen LogP contribution < -0.4 is 9.73 Å². The highest BCUT2D eigenvalue weighted by atomic mass is 32.2. The molecule has 0 bridgehead atoms. The molecule has 1 amide bonds. The Balaban J connectivity index is 1.84. The topological polar surface area (TPSA) is 146 Å². The van der Waals surface area contributed by atoms with Crippen molar-refractivity contribution in [1.29, 1.82) is 5.26 Å². The maximum atomic E-state index is 13.3. The Bertz CT molecular complexity index is 1190. The quantitative estimate of drug-likeness (QED) is 0.424. The highest BCUT2D eigenvalue weighted by Gasteiger charge is 2.28. The molecule has 1 aliphatic rings. The molecule has 1 saturated carbocycles. The number of nitro groups is 1. The van der Waals surface area contributed by atoms with Crippen LogP contribution in [-0.4, -0.2) is 31.5 Å². The average Bonchev–Trinajstić information content (AvgIpc) is 2.85. The van der Waals surface area contributed by atoms with E-state index < -0.39 is 27.4 Å². The lowest BCUT2D eigenvalue weighted by atomic mass is 9.84. The summed E-state index contributed by atoms with van der Waals surface area (Å²) in [5, 5.41) is 24.1. The highest BCUT2D eigenvalue weighted by molar-refractivity contribution is 7.92. The number of hydrogen-bond acceptors (Lipinski definition) is 7. The van der Waals surface area contributed by atoms with E-state index in [9.17, 15) is 23.3 Å². The fourth-order valence-electron chi connectivity index (χ4n) is 3.84. The van der Waals surface area contributed by atoms with Crippen molar-refractivity contribution in [3.8, 4) is 6.07 Å². The number of carbonyl (C=O) groups is 1. The third kappa shape index (κ3) is 6.17. The van der Waals surface area contributed by atoms with Gasteiger partial charge < -0.3 is 0 Å². The first-order valence-electron chi connectivity index (χ1n) is 10.9. The van der Waals surface area contributed by atoms with Crippen LogP contribution in [0.25, 0.3) is 0 Å². The predicted molar refractivity (Wildman–Crippen MR) is 126 cm³/mol. The highest BCUT2D eigenvalue weighted by Crippen LogP contribution is 2.27. The smallest absolute Gasteiger partial charge is 0.269 e. The van der Waals surface area contributed by atoms with Crippen molar-refractivity contribution < 1.29 is 18.1 Å². The van der Waals surface area contributed by atoms with Gasteiger partial charge in [-0.2, -0.15) is 10.4 Å². The van der Waals surface area contributed by atoms with Crippen molar-refractivity contribution in [2.75, 3.05) is 10.8 Å². The molecule has 0 radical (unpaired) electrons. The van der Waals surface area contributed by atoms with E-state index in [-0.39, 0.29) is 22.2 Å². The van der Waals surface area contributed by atoms with Crippen LogP contribution in [0.2, 0.25) is 0 Å². The Hall–Kier alpha value is -3.78. The van der Waals surface area contributed by atoms with Gasteiger partial charge in [0.1, 0.15) is 6.54 Å². The number of rotatable bonds is 9. The van der Waals surface area contributed by atoms with Crippen LogP contribution in [-0.2, 0) is 14.8 Å². The Kier molecular flexibility index (Phi) is 8.32. The van der Waals surface area contributed by atoms with Crippen molar-refractivity contribution in [1.82, 2.24) is 5.43 Å². The second-order valence-corrected chi connectivity index (χ2v) is 9.74. The molecule has 2 aromatic carbocycles. The van der Waals surface area contributed by atoms with E-state index >= 15 is 0 Å². The summed E-state index contributed by atoms with van der Waals surface area (Å²) in [6.07, 6.45) is 4.66. The van der Waals surface area contributed by atoms with Gasteiger partial charge in [0, 0.05) is 30.2 Å². The zero-order chi connectivity index (χ0) is 24.6. The first kappa shape index (κ1) is 24.9. The second-order valence-electron chi connectivity index (χ2n) is 7.88. The predicted octanol–water partition coefficient (Wildman–Crippen LogP) is 3.76. The molecule has 11 heteroatoms. The molecule has 1 atom stereocenters. The largest absolute Gasteiger partial charge is 0.271 e.